The van der Waals surface area contributed by atoms with Crippen molar-refractivity contribution in [1.82, 2.24) is 14.8 Å². The Balaban J connectivity index is 1.49. The smallest absolute Gasteiger partial charge is 0.255 e. The molecule has 1 aromatic carbocycles. The number of morpholine rings is 1. The van der Waals surface area contributed by atoms with E-state index >= 15 is 0 Å². The number of ether oxygens (including phenoxy) is 2. The van der Waals surface area contributed by atoms with E-state index < -0.39 is 11.4 Å². The number of primary amides is 1. The van der Waals surface area contributed by atoms with Crippen LogP contribution in [0.4, 0.5) is 0 Å². The summed E-state index contributed by atoms with van der Waals surface area (Å²) >= 11 is 0. The van der Waals surface area contributed by atoms with Gasteiger partial charge < -0.3 is 20.1 Å². The van der Waals surface area contributed by atoms with Gasteiger partial charge >= 0.3 is 0 Å². The van der Waals surface area contributed by atoms with Gasteiger partial charge in [-0.1, -0.05) is 12.1 Å². The molecule has 2 fully saturated rings. The lowest BCUT2D eigenvalue weighted by Crippen LogP contribution is -2.54. The van der Waals surface area contributed by atoms with Gasteiger partial charge in [0.1, 0.15) is 12.4 Å². The molecule has 2 N–H and O–H groups in total. The van der Waals surface area contributed by atoms with Gasteiger partial charge in [0.25, 0.3) is 5.91 Å². The van der Waals surface area contributed by atoms with E-state index in [1.54, 1.807) is 47.5 Å². The van der Waals surface area contributed by atoms with Gasteiger partial charge in [0, 0.05) is 37.9 Å². The highest BCUT2D eigenvalue weighted by Crippen LogP contribution is 2.39. The number of nitrogens with two attached hydrogens (primary N) is 1. The third-order valence-corrected chi connectivity index (χ3v) is 5.98. The van der Waals surface area contributed by atoms with Crippen molar-refractivity contribution >= 4 is 11.8 Å². The first-order valence-corrected chi connectivity index (χ1v) is 10.7. The quantitative estimate of drug-likeness (QED) is 0.722. The second-order valence-corrected chi connectivity index (χ2v) is 7.83. The Morgan fingerprint density at radius 3 is 2.71 bits per heavy atom. The fraction of sp³-hybridized carbons (Fsp3) is 0.435. The van der Waals surface area contributed by atoms with Crippen LogP contribution in [0.3, 0.4) is 0 Å². The highest BCUT2D eigenvalue weighted by molar-refractivity contribution is 5.99. The van der Waals surface area contributed by atoms with Crippen molar-refractivity contribution in [2.75, 3.05) is 46.0 Å². The lowest BCUT2D eigenvalue weighted by molar-refractivity contribution is -0.128. The summed E-state index contributed by atoms with van der Waals surface area (Å²) in [6.07, 6.45) is 2.76. The summed E-state index contributed by atoms with van der Waals surface area (Å²) in [5.41, 5.74) is 5.57. The largest absolute Gasteiger partial charge is 0.492 e. The molecule has 8 heteroatoms. The second kappa shape index (κ2) is 9.45. The Bertz CT molecular complexity index is 917. The number of nitrogens with zero attached hydrogens (tertiary/aromatic N) is 3. The number of benzene rings is 1. The van der Waals surface area contributed by atoms with Gasteiger partial charge in [-0.15, -0.1) is 0 Å². The molecular formula is C23H28N4O4. The van der Waals surface area contributed by atoms with Crippen LogP contribution in [0.1, 0.15) is 28.9 Å². The van der Waals surface area contributed by atoms with E-state index in [-0.39, 0.29) is 5.91 Å². The number of hydrogen-bond acceptors (Lipinski definition) is 6. The van der Waals surface area contributed by atoms with Crippen LogP contribution < -0.4 is 10.5 Å². The molecule has 0 saturated carbocycles. The number of aromatic nitrogens is 1. The van der Waals surface area contributed by atoms with Gasteiger partial charge in [-0.2, -0.15) is 0 Å². The Labute approximate surface area is 181 Å². The van der Waals surface area contributed by atoms with Crippen LogP contribution in [0.5, 0.6) is 5.75 Å². The molecule has 1 aromatic heterocycles. The van der Waals surface area contributed by atoms with Crippen molar-refractivity contribution in [3.05, 3.63) is 59.9 Å². The molecule has 164 valence electrons. The molecule has 2 aliphatic heterocycles. The Morgan fingerprint density at radius 1 is 1.13 bits per heavy atom. The van der Waals surface area contributed by atoms with Crippen LogP contribution in [0.2, 0.25) is 0 Å². The van der Waals surface area contributed by atoms with Crippen molar-refractivity contribution in [1.29, 1.82) is 0 Å². The minimum atomic E-state index is -1.23. The number of likely N-dealkylation sites (tertiary alicyclic amines) is 1. The maximum Gasteiger partial charge on any atom is 0.255 e. The summed E-state index contributed by atoms with van der Waals surface area (Å²) in [5, 5.41) is 0. The van der Waals surface area contributed by atoms with E-state index in [9.17, 15) is 9.59 Å². The molecule has 1 atom stereocenters. The van der Waals surface area contributed by atoms with Crippen molar-refractivity contribution in [2.45, 2.75) is 18.4 Å². The van der Waals surface area contributed by atoms with E-state index in [1.807, 2.05) is 6.07 Å². The van der Waals surface area contributed by atoms with Crippen molar-refractivity contribution < 1.29 is 19.1 Å². The number of carbonyl (C=O) groups is 2. The summed E-state index contributed by atoms with van der Waals surface area (Å²) in [6, 6.07) is 12.4. The van der Waals surface area contributed by atoms with Crippen LogP contribution in [0.25, 0.3) is 0 Å². The molecule has 3 heterocycles. The number of rotatable bonds is 7. The summed E-state index contributed by atoms with van der Waals surface area (Å²) in [6.45, 7) is 5.08. The van der Waals surface area contributed by atoms with Gasteiger partial charge in [0.05, 0.1) is 18.9 Å². The van der Waals surface area contributed by atoms with Gasteiger partial charge in [-0.3, -0.25) is 19.5 Å². The average molecular weight is 425 g/mol. The number of amides is 2. The molecule has 2 saturated heterocycles. The second-order valence-electron chi connectivity index (χ2n) is 7.83. The summed E-state index contributed by atoms with van der Waals surface area (Å²) in [4.78, 5) is 34.2. The van der Waals surface area contributed by atoms with E-state index in [1.165, 1.54) is 0 Å². The normalized spacial score (nSPS) is 21.7. The number of carbonyl (C=O) groups excluding carboxylic acids is 2. The Morgan fingerprint density at radius 2 is 1.97 bits per heavy atom. The Hall–Kier alpha value is -2.97. The van der Waals surface area contributed by atoms with E-state index in [4.69, 9.17) is 15.2 Å². The number of pyridine rings is 1. The van der Waals surface area contributed by atoms with Crippen LogP contribution in [-0.4, -0.2) is 72.6 Å². The highest BCUT2D eigenvalue weighted by atomic mass is 16.5. The molecular weight excluding hydrogens is 396 g/mol. The minimum Gasteiger partial charge on any atom is -0.492 e. The zero-order valence-electron chi connectivity index (χ0n) is 17.5. The predicted molar refractivity (Wildman–Crippen MR) is 115 cm³/mol. The van der Waals surface area contributed by atoms with Crippen molar-refractivity contribution in [2.24, 2.45) is 5.73 Å². The fourth-order valence-corrected chi connectivity index (χ4v) is 4.34. The molecule has 0 unspecified atom stereocenters. The van der Waals surface area contributed by atoms with E-state index in [0.29, 0.717) is 43.0 Å². The molecule has 2 amide bonds. The van der Waals surface area contributed by atoms with Gasteiger partial charge in [0.15, 0.2) is 5.54 Å². The summed E-state index contributed by atoms with van der Waals surface area (Å²) in [5.74, 6) is -0.184. The van der Waals surface area contributed by atoms with Gasteiger partial charge in [0.2, 0.25) is 5.91 Å². The first kappa shape index (κ1) is 21.3. The van der Waals surface area contributed by atoms with E-state index in [0.717, 1.165) is 32.8 Å². The minimum absolute atomic E-state index is 0.249. The zero-order chi connectivity index (χ0) is 21.7. The zero-order valence-corrected chi connectivity index (χ0v) is 17.5. The highest BCUT2D eigenvalue weighted by Gasteiger charge is 2.51. The lowest BCUT2D eigenvalue weighted by Gasteiger charge is -2.35. The van der Waals surface area contributed by atoms with Crippen LogP contribution in [0.15, 0.2) is 48.7 Å². The van der Waals surface area contributed by atoms with E-state index in [2.05, 4.69) is 9.88 Å². The maximum absolute atomic E-state index is 13.4. The standard InChI is InChI=1S/C23H28N4O4/c24-22(29)23(20-7-1-2-9-25-20)8-4-10-27(23)21(28)18-5-3-6-19(17-18)31-16-13-26-11-14-30-15-12-26/h1-3,5-7,9,17H,4,8,10-16H2,(H2,24,29)/t23-/m0/s1. The van der Waals surface area contributed by atoms with Crippen molar-refractivity contribution in [3.8, 4) is 5.75 Å². The SMILES string of the molecule is NC(=O)[C@@]1(c2ccccn2)CCCN1C(=O)c1cccc(OCCN2CCOCC2)c1. The number of hydrogen-bond donors (Lipinski definition) is 1. The average Bonchev–Trinajstić information content (AvgIpc) is 3.26. The van der Waals surface area contributed by atoms with Crippen molar-refractivity contribution in [3.63, 3.8) is 0 Å². The first-order chi connectivity index (χ1) is 15.1. The van der Waals surface area contributed by atoms with Crippen LogP contribution >= 0.6 is 0 Å². The molecule has 0 spiro atoms. The molecule has 2 aliphatic rings. The fourth-order valence-electron chi connectivity index (χ4n) is 4.34. The topological polar surface area (TPSA) is 98.0 Å². The first-order valence-electron chi connectivity index (χ1n) is 10.7. The summed E-state index contributed by atoms with van der Waals surface area (Å²) in [7, 11) is 0. The third-order valence-electron chi connectivity index (χ3n) is 5.98. The van der Waals surface area contributed by atoms with Gasteiger partial charge in [-0.25, -0.2) is 0 Å². The maximum atomic E-state index is 13.4. The molecule has 0 radical (unpaired) electrons. The van der Waals surface area contributed by atoms with Crippen LogP contribution in [0, 0.1) is 0 Å². The third kappa shape index (κ3) is 4.40. The molecule has 8 nitrogen and oxygen atoms in total. The van der Waals surface area contributed by atoms with Crippen LogP contribution in [-0.2, 0) is 15.1 Å². The molecule has 0 aliphatic carbocycles. The van der Waals surface area contributed by atoms with Gasteiger partial charge in [-0.05, 0) is 43.2 Å². The Kier molecular flexibility index (Phi) is 6.48. The molecule has 31 heavy (non-hydrogen) atoms. The summed E-state index contributed by atoms with van der Waals surface area (Å²) < 4.78 is 11.2. The monoisotopic (exact) mass is 424 g/mol. The molecule has 4 rings (SSSR count). The molecule has 2 aromatic rings. The lowest BCUT2D eigenvalue weighted by atomic mass is 9.90. The predicted octanol–water partition coefficient (Wildman–Crippen LogP) is 1.41. The molecule has 0 bridgehead atoms.